The summed E-state index contributed by atoms with van der Waals surface area (Å²) in [7, 11) is 0. The van der Waals surface area contributed by atoms with Crippen molar-refractivity contribution in [3.8, 4) is 0 Å². The largest absolute Gasteiger partial charge is 0.481 e. The Morgan fingerprint density at radius 1 is 1.14 bits per heavy atom. The molecule has 0 radical (unpaired) electrons. The highest BCUT2D eigenvalue weighted by Crippen LogP contribution is 2.63. The van der Waals surface area contributed by atoms with Gasteiger partial charge in [-0.2, -0.15) is 0 Å². The molecule has 2 rings (SSSR count). The van der Waals surface area contributed by atoms with Crippen molar-refractivity contribution in [1.82, 2.24) is 5.32 Å². The molecule has 0 aromatic carbocycles. The van der Waals surface area contributed by atoms with Crippen LogP contribution in [0.2, 0.25) is 0 Å². The van der Waals surface area contributed by atoms with Crippen LogP contribution in [-0.2, 0) is 9.53 Å². The lowest BCUT2D eigenvalue weighted by atomic mass is 9.81. The van der Waals surface area contributed by atoms with Crippen LogP contribution in [0.3, 0.4) is 0 Å². The van der Waals surface area contributed by atoms with Crippen molar-refractivity contribution >= 4 is 12.1 Å². The van der Waals surface area contributed by atoms with E-state index >= 15 is 0 Å². The summed E-state index contributed by atoms with van der Waals surface area (Å²) in [6.07, 6.45) is 3.42. The van der Waals surface area contributed by atoms with Crippen molar-refractivity contribution < 1.29 is 19.4 Å². The molecule has 2 aliphatic carbocycles. The summed E-state index contributed by atoms with van der Waals surface area (Å²) in [6, 6.07) is 0.149. The predicted octanol–water partition coefficient (Wildman–Crippen LogP) is 3.43. The maximum atomic E-state index is 11.8. The summed E-state index contributed by atoms with van der Waals surface area (Å²) in [5.74, 6) is -0.114. The quantitative estimate of drug-likeness (QED) is 0.837. The lowest BCUT2D eigenvalue weighted by Crippen LogP contribution is -2.41. The van der Waals surface area contributed by atoms with Gasteiger partial charge in [0.15, 0.2) is 0 Å². The van der Waals surface area contributed by atoms with Crippen molar-refractivity contribution in [3.63, 3.8) is 0 Å². The van der Waals surface area contributed by atoms with Crippen molar-refractivity contribution in [3.05, 3.63) is 0 Å². The number of ether oxygens (including phenoxy) is 1. The molecule has 0 heterocycles. The fraction of sp³-hybridized carbons (Fsp3) is 0.882. The molecule has 2 unspecified atom stereocenters. The summed E-state index contributed by atoms with van der Waals surface area (Å²) in [5, 5.41) is 12.2. The van der Waals surface area contributed by atoms with Crippen LogP contribution in [0.5, 0.6) is 0 Å². The van der Waals surface area contributed by atoms with E-state index in [0.717, 1.165) is 25.7 Å². The first-order valence-corrected chi connectivity index (χ1v) is 8.24. The zero-order chi connectivity index (χ0) is 16.7. The Morgan fingerprint density at radius 2 is 1.68 bits per heavy atom. The number of rotatable bonds is 3. The van der Waals surface area contributed by atoms with Crippen molar-refractivity contribution in [2.75, 3.05) is 0 Å². The molecule has 2 saturated carbocycles. The number of carboxylic acids is 1. The smallest absolute Gasteiger partial charge is 0.407 e. The summed E-state index contributed by atoms with van der Waals surface area (Å²) in [4.78, 5) is 23.1. The maximum absolute atomic E-state index is 11.8. The van der Waals surface area contributed by atoms with E-state index in [-0.39, 0.29) is 29.4 Å². The van der Waals surface area contributed by atoms with Gasteiger partial charge in [-0.25, -0.2) is 4.79 Å². The van der Waals surface area contributed by atoms with E-state index in [1.54, 1.807) is 0 Å². The molecule has 0 aromatic rings. The molecule has 0 aliphatic heterocycles. The number of amides is 1. The minimum atomic E-state index is -0.663. The number of carboxylic acid groups (broad SMARTS) is 1. The maximum Gasteiger partial charge on any atom is 0.407 e. The molecule has 2 N–H and O–H groups in total. The van der Waals surface area contributed by atoms with Crippen molar-refractivity contribution in [2.24, 2.45) is 23.2 Å². The Kier molecular flexibility index (Phi) is 4.46. The van der Waals surface area contributed by atoms with E-state index in [1.165, 1.54) is 0 Å². The van der Waals surface area contributed by atoms with E-state index in [0.29, 0.717) is 5.92 Å². The third-order valence-electron chi connectivity index (χ3n) is 5.18. The van der Waals surface area contributed by atoms with Crippen LogP contribution in [0.4, 0.5) is 4.79 Å². The van der Waals surface area contributed by atoms with Gasteiger partial charge in [-0.3, -0.25) is 4.79 Å². The molecular weight excluding hydrogens is 282 g/mol. The zero-order valence-electron chi connectivity index (χ0n) is 14.3. The molecule has 0 aromatic heterocycles. The van der Waals surface area contributed by atoms with Gasteiger partial charge in [-0.15, -0.1) is 0 Å². The molecule has 2 aliphatic rings. The molecule has 0 bridgehead atoms. The SMILES string of the molecule is CC(C)(C)OC(=O)NC1CCC(C2C(C(=O)O)C2(C)C)CC1. The van der Waals surface area contributed by atoms with Gasteiger partial charge in [0.25, 0.3) is 0 Å². The summed E-state index contributed by atoms with van der Waals surface area (Å²) in [5.41, 5.74) is -0.560. The second kappa shape index (κ2) is 5.74. The molecule has 5 nitrogen and oxygen atoms in total. The summed E-state index contributed by atoms with van der Waals surface area (Å²) >= 11 is 0. The summed E-state index contributed by atoms with van der Waals surface area (Å²) < 4.78 is 5.28. The monoisotopic (exact) mass is 311 g/mol. The van der Waals surface area contributed by atoms with Gasteiger partial charge in [0.05, 0.1) is 5.92 Å². The number of carbonyl (C=O) groups excluding carboxylic acids is 1. The van der Waals surface area contributed by atoms with Gasteiger partial charge in [-0.05, 0) is 63.7 Å². The van der Waals surface area contributed by atoms with Crippen LogP contribution >= 0.6 is 0 Å². The number of hydrogen-bond donors (Lipinski definition) is 2. The van der Waals surface area contributed by atoms with Crippen LogP contribution < -0.4 is 5.32 Å². The molecule has 22 heavy (non-hydrogen) atoms. The number of carbonyl (C=O) groups is 2. The van der Waals surface area contributed by atoms with E-state index in [2.05, 4.69) is 19.2 Å². The molecular formula is C17H29NO4. The normalized spacial score (nSPS) is 33.9. The highest BCUT2D eigenvalue weighted by Gasteiger charge is 2.64. The van der Waals surface area contributed by atoms with Gasteiger partial charge in [0.2, 0.25) is 0 Å². The Morgan fingerprint density at radius 3 is 2.09 bits per heavy atom. The van der Waals surface area contributed by atoms with Crippen molar-refractivity contribution in [1.29, 1.82) is 0 Å². The molecule has 126 valence electrons. The summed E-state index contributed by atoms with van der Waals surface area (Å²) in [6.45, 7) is 9.67. The highest BCUT2D eigenvalue weighted by molar-refractivity contribution is 5.75. The first-order chi connectivity index (χ1) is 10.0. The fourth-order valence-electron chi connectivity index (χ4n) is 4.13. The molecule has 5 heteroatoms. The van der Waals surface area contributed by atoms with Gasteiger partial charge in [0, 0.05) is 6.04 Å². The fourth-order valence-corrected chi connectivity index (χ4v) is 4.13. The third kappa shape index (κ3) is 3.73. The van der Waals surface area contributed by atoms with Crippen molar-refractivity contribution in [2.45, 2.75) is 71.9 Å². The standard InChI is InChI=1S/C17H29NO4/c1-16(2,3)22-15(21)18-11-8-6-10(7-9-11)12-13(14(19)20)17(12,4)5/h10-13H,6-9H2,1-5H3,(H,18,21)(H,19,20). The number of aliphatic carboxylic acids is 1. The van der Waals surface area contributed by atoms with Gasteiger partial charge in [0.1, 0.15) is 5.60 Å². The Balaban J connectivity index is 1.80. The van der Waals surface area contributed by atoms with E-state index < -0.39 is 11.6 Å². The minimum absolute atomic E-state index is 0.0814. The molecule has 2 atom stereocenters. The van der Waals surface area contributed by atoms with Gasteiger partial charge >= 0.3 is 12.1 Å². The Bertz CT molecular complexity index is 444. The number of alkyl carbamates (subject to hydrolysis) is 1. The first-order valence-electron chi connectivity index (χ1n) is 8.24. The van der Waals surface area contributed by atoms with E-state index in [4.69, 9.17) is 4.74 Å². The number of nitrogens with one attached hydrogen (secondary N) is 1. The van der Waals surface area contributed by atoms with Gasteiger partial charge in [-0.1, -0.05) is 13.8 Å². The van der Waals surface area contributed by atoms with E-state index in [9.17, 15) is 14.7 Å². The first kappa shape index (κ1) is 17.1. The lowest BCUT2D eigenvalue weighted by molar-refractivity contribution is -0.139. The van der Waals surface area contributed by atoms with Crippen LogP contribution in [0, 0.1) is 23.2 Å². The molecule has 1 amide bonds. The Labute approximate surface area is 132 Å². The van der Waals surface area contributed by atoms with E-state index in [1.807, 2.05) is 20.8 Å². The number of hydrogen-bond acceptors (Lipinski definition) is 3. The predicted molar refractivity (Wildman–Crippen MR) is 83.5 cm³/mol. The average molecular weight is 311 g/mol. The second-order valence-electron chi connectivity index (χ2n) is 8.42. The van der Waals surface area contributed by atoms with Gasteiger partial charge < -0.3 is 15.2 Å². The molecule has 0 saturated heterocycles. The Hall–Kier alpha value is -1.26. The minimum Gasteiger partial charge on any atom is -0.481 e. The van der Waals surface area contributed by atoms with Crippen LogP contribution in [0.1, 0.15) is 60.3 Å². The zero-order valence-corrected chi connectivity index (χ0v) is 14.3. The lowest BCUT2D eigenvalue weighted by Gasteiger charge is -2.30. The van der Waals surface area contributed by atoms with Crippen LogP contribution in [0.15, 0.2) is 0 Å². The second-order valence-corrected chi connectivity index (χ2v) is 8.42. The highest BCUT2D eigenvalue weighted by atomic mass is 16.6. The third-order valence-corrected chi connectivity index (χ3v) is 5.18. The average Bonchev–Trinajstić information content (AvgIpc) is 2.91. The topological polar surface area (TPSA) is 75.6 Å². The molecule has 2 fully saturated rings. The molecule has 0 spiro atoms. The van der Waals surface area contributed by atoms with Crippen LogP contribution in [0.25, 0.3) is 0 Å². The van der Waals surface area contributed by atoms with Crippen LogP contribution in [-0.4, -0.2) is 28.8 Å².